The van der Waals surface area contributed by atoms with E-state index in [1.807, 2.05) is 12.1 Å². The number of halogens is 1. The number of benzene rings is 1. The standard InChI is InChI=1S/C13H18BrNO/c1-15-8-6-13(16,7-9-15)10-11-2-4-12(14)5-3-11/h2-5,16H,6-10H2,1H3. The summed E-state index contributed by atoms with van der Waals surface area (Å²) in [6, 6.07) is 8.24. The SMILES string of the molecule is CN1CCC(O)(Cc2ccc(Br)cc2)CC1. The minimum Gasteiger partial charge on any atom is -0.389 e. The van der Waals surface area contributed by atoms with Crippen LogP contribution in [0.3, 0.4) is 0 Å². The van der Waals surface area contributed by atoms with E-state index in [1.165, 1.54) is 5.56 Å². The maximum atomic E-state index is 10.5. The molecule has 1 N–H and O–H groups in total. The Bertz CT molecular complexity index is 341. The maximum Gasteiger partial charge on any atom is 0.0712 e. The summed E-state index contributed by atoms with van der Waals surface area (Å²) in [7, 11) is 2.11. The zero-order valence-electron chi connectivity index (χ0n) is 9.62. The molecule has 1 fully saturated rings. The molecule has 1 aliphatic rings. The van der Waals surface area contributed by atoms with Crippen LogP contribution in [-0.2, 0) is 6.42 Å². The Hall–Kier alpha value is -0.380. The lowest BCUT2D eigenvalue weighted by Crippen LogP contribution is -2.44. The van der Waals surface area contributed by atoms with Gasteiger partial charge in [0.25, 0.3) is 0 Å². The summed E-state index contributed by atoms with van der Waals surface area (Å²) in [4.78, 5) is 2.27. The van der Waals surface area contributed by atoms with Gasteiger partial charge < -0.3 is 10.0 Å². The smallest absolute Gasteiger partial charge is 0.0712 e. The van der Waals surface area contributed by atoms with Crippen molar-refractivity contribution in [2.45, 2.75) is 24.9 Å². The van der Waals surface area contributed by atoms with Gasteiger partial charge in [0, 0.05) is 24.0 Å². The summed E-state index contributed by atoms with van der Waals surface area (Å²) >= 11 is 3.42. The van der Waals surface area contributed by atoms with Crippen molar-refractivity contribution in [3.8, 4) is 0 Å². The number of nitrogens with zero attached hydrogens (tertiary/aromatic N) is 1. The van der Waals surface area contributed by atoms with Gasteiger partial charge >= 0.3 is 0 Å². The molecule has 3 heteroatoms. The zero-order valence-corrected chi connectivity index (χ0v) is 11.2. The van der Waals surface area contributed by atoms with Crippen molar-refractivity contribution in [1.29, 1.82) is 0 Å². The average Bonchev–Trinajstić information content (AvgIpc) is 2.27. The average molecular weight is 284 g/mol. The Morgan fingerprint density at radius 3 is 2.38 bits per heavy atom. The summed E-state index contributed by atoms with van der Waals surface area (Å²) in [6.45, 7) is 1.99. The van der Waals surface area contributed by atoms with Crippen molar-refractivity contribution in [3.63, 3.8) is 0 Å². The van der Waals surface area contributed by atoms with Gasteiger partial charge in [-0.05, 0) is 37.6 Å². The van der Waals surface area contributed by atoms with E-state index in [4.69, 9.17) is 0 Å². The number of rotatable bonds is 2. The first-order valence-corrected chi connectivity index (χ1v) is 6.52. The van der Waals surface area contributed by atoms with Crippen LogP contribution in [0.5, 0.6) is 0 Å². The summed E-state index contributed by atoms with van der Waals surface area (Å²) < 4.78 is 1.09. The molecule has 0 radical (unpaired) electrons. The van der Waals surface area contributed by atoms with E-state index >= 15 is 0 Å². The summed E-state index contributed by atoms with van der Waals surface area (Å²) in [5, 5.41) is 10.5. The number of hydrogen-bond acceptors (Lipinski definition) is 2. The Kier molecular flexibility index (Phi) is 3.67. The first kappa shape index (κ1) is 12.1. The number of aliphatic hydroxyl groups is 1. The Balaban J connectivity index is 2.00. The molecule has 88 valence electrons. The Morgan fingerprint density at radius 2 is 1.81 bits per heavy atom. The van der Waals surface area contributed by atoms with Crippen LogP contribution < -0.4 is 0 Å². The van der Waals surface area contributed by atoms with E-state index in [9.17, 15) is 5.11 Å². The largest absolute Gasteiger partial charge is 0.389 e. The highest BCUT2D eigenvalue weighted by Gasteiger charge is 2.30. The predicted octanol–water partition coefficient (Wildman–Crippen LogP) is 2.45. The second-order valence-corrected chi connectivity index (χ2v) is 5.75. The molecule has 1 aromatic rings. The molecule has 0 saturated carbocycles. The van der Waals surface area contributed by atoms with E-state index in [2.05, 4.69) is 40.0 Å². The lowest BCUT2D eigenvalue weighted by molar-refractivity contribution is -0.0150. The highest BCUT2D eigenvalue weighted by atomic mass is 79.9. The topological polar surface area (TPSA) is 23.5 Å². The van der Waals surface area contributed by atoms with Crippen LogP contribution in [0.2, 0.25) is 0 Å². The molecule has 2 nitrogen and oxygen atoms in total. The normalized spacial score (nSPS) is 20.9. The Labute approximate surface area is 105 Å². The summed E-state index contributed by atoms with van der Waals surface area (Å²) in [5.41, 5.74) is 0.718. The van der Waals surface area contributed by atoms with Crippen LogP contribution in [0.25, 0.3) is 0 Å². The van der Waals surface area contributed by atoms with E-state index in [1.54, 1.807) is 0 Å². The maximum absolute atomic E-state index is 10.5. The molecule has 1 saturated heterocycles. The fourth-order valence-electron chi connectivity index (χ4n) is 2.19. The quantitative estimate of drug-likeness (QED) is 0.901. The molecule has 0 spiro atoms. The molecule has 2 rings (SSSR count). The monoisotopic (exact) mass is 283 g/mol. The van der Waals surface area contributed by atoms with Gasteiger partial charge in [-0.3, -0.25) is 0 Å². The minimum absolute atomic E-state index is 0.500. The predicted molar refractivity (Wildman–Crippen MR) is 69.5 cm³/mol. The number of hydrogen-bond donors (Lipinski definition) is 1. The van der Waals surface area contributed by atoms with E-state index in [0.717, 1.165) is 36.8 Å². The van der Waals surface area contributed by atoms with E-state index in [0.29, 0.717) is 0 Å². The third kappa shape index (κ3) is 3.06. The molecule has 1 aromatic carbocycles. The van der Waals surface area contributed by atoms with Gasteiger partial charge in [0.15, 0.2) is 0 Å². The Morgan fingerprint density at radius 1 is 1.25 bits per heavy atom. The lowest BCUT2D eigenvalue weighted by atomic mass is 9.85. The van der Waals surface area contributed by atoms with Crippen molar-refractivity contribution in [3.05, 3.63) is 34.3 Å². The second kappa shape index (κ2) is 4.86. The van der Waals surface area contributed by atoms with E-state index in [-0.39, 0.29) is 0 Å². The van der Waals surface area contributed by atoms with Gasteiger partial charge in [0.05, 0.1) is 5.60 Å². The van der Waals surface area contributed by atoms with Gasteiger partial charge in [-0.25, -0.2) is 0 Å². The first-order valence-electron chi connectivity index (χ1n) is 5.73. The fraction of sp³-hybridized carbons (Fsp3) is 0.538. The fourth-order valence-corrected chi connectivity index (χ4v) is 2.46. The molecule has 0 bridgehead atoms. The molecule has 1 aliphatic heterocycles. The van der Waals surface area contributed by atoms with Crippen LogP contribution in [0.1, 0.15) is 18.4 Å². The molecule has 16 heavy (non-hydrogen) atoms. The second-order valence-electron chi connectivity index (χ2n) is 4.83. The number of likely N-dealkylation sites (tertiary alicyclic amines) is 1. The zero-order chi connectivity index (χ0) is 11.6. The number of piperidine rings is 1. The van der Waals surface area contributed by atoms with Gasteiger partial charge in [-0.15, -0.1) is 0 Å². The molecule has 0 aliphatic carbocycles. The van der Waals surface area contributed by atoms with Crippen LogP contribution in [0.15, 0.2) is 28.7 Å². The van der Waals surface area contributed by atoms with Crippen LogP contribution in [0, 0.1) is 0 Å². The van der Waals surface area contributed by atoms with Gasteiger partial charge in [0.2, 0.25) is 0 Å². The molecule has 0 aromatic heterocycles. The molecule has 0 unspecified atom stereocenters. The van der Waals surface area contributed by atoms with E-state index < -0.39 is 5.60 Å². The third-order valence-corrected chi connectivity index (χ3v) is 3.89. The first-order chi connectivity index (χ1) is 7.57. The van der Waals surface area contributed by atoms with Crippen molar-refractivity contribution < 1.29 is 5.11 Å². The van der Waals surface area contributed by atoms with Crippen molar-refractivity contribution in [2.24, 2.45) is 0 Å². The molecule has 0 amide bonds. The van der Waals surface area contributed by atoms with Gasteiger partial charge in [-0.2, -0.15) is 0 Å². The minimum atomic E-state index is -0.500. The van der Waals surface area contributed by atoms with Crippen molar-refractivity contribution >= 4 is 15.9 Å². The van der Waals surface area contributed by atoms with Gasteiger partial charge in [-0.1, -0.05) is 28.1 Å². The van der Waals surface area contributed by atoms with Crippen LogP contribution >= 0.6 is 15.9 Å². The third-order valence-electron chi connectivity index (χ3n) is 3.36. The molecular formula is C13H18BrNO. The molecular weight excluding hydrogens is 266 g/mol. The summed E-state index contributed by atoms with van der Waals surface area (Å²) in [5.74, 6) is 0. The molecule has 1 heterocycles. The summed E-state index contributed by atoms with van der Waals surface area (Å²) in [6.07, 6.45) is 2.52. The van der Waals surface area contributed by atoms with Crippen LogP contribution in [0.4, 0.5) is 0 Å². The molecule has 0 atom stereocenters. The highest BCUT2D eigenvalue weighted by Crippen LogP contribution is 2.26. The lowest BCUT2D eigenvalue weighted by Gasteiger charge is -2.36. The van der Waals surface area contributed by atoms with Crippen molar-refractivity contribution in [1.82, 2.24) is 4.90 Å². The van der Waals surface area contributed by atoms with Crippen LogP contribution in [-0.4, -0.2) is 35.7 Å². The van der Waals surface area contributed by atoms with Gasteiger partial charge in [0.1, 0.15) is 0 Å². The van der Waals surface area contributed by atoms with Crippen molar-refractivity contribution in [2.75, 3.05) is 20.1 Å². The highest BCUT2D eigenvalue weighted by molar-refractivity contribution is 9.10.